The van der Waals surface area contributed by atoms with Crippen LogP contribution in [0.25, 0.3) is 88.8 Å². The number of rotatable bonds is 5. The summed E-state index contributed by atoms with van der Waals surface area (Å²) in [4.78, 5) is 10.8. The average Bonchev–Trinajstić information content (AvgIpc) is 3.51. The molecule has 1 heterocycles. The summed E-state index contributed by atoms with van der Waals surface area (Å²) in [5.41, 5.74) is 27.6. The fourth-order valence-electron chi connectivity index (χ4n) is 10.8. The van der Waals surface area contributed by atoms with Crippen molar-refractivity contribution in [1.82, 2.24) is 9.97 Å². The lowest BCUT2D eigenvalue weighted by atomic mass is 9.56. The van der Waals surface area contributed by atoms with E-state index in [1.54, 1.807) is 0 Å². The van der Waals surface area contributed by atoms with Gasteiger partial charge >= 0.3 is 0 Å². The number of benzene rings is 8. The van der Waals surface area contributed by atoms with Gasteiger partial charge in [-0.25, -0.2) is 9.97 Å². The van der Waals surface area contributed by atoms with Crippen molar-refractivity contribution in [2.75, 3.05) is 0 Å². The van der Waals surface area contributed by atoms with Crippen LogP contribution < -0.4 is 49.2 Å². The molecule has 11 heteroatoms. The second-order valence-corrected chi connectivity index (χ2v) is 18.4. The smallest absolute Gasteiger partial charge is 0.160 e. The normalized spacial score (nSPS) is 12.7. The van der Waals surface area contributed by atoms with E-state index in [4.69, 9.17) is 9.97 Å². The first kappa shape index (κ1) is 40.0. The summed E-state index contributed by atoms with van der Waals surface area (Å²) in [6, 6.07) is 46.8. The molecule has 2 nitrogen and oxygen atoms in total. The van der Waals surface area contributed by atoms with Gasteiger partial charge in [0, 0.05) is 16.5 Å². The third-order valence-corrected chi connectivity index (χ3v) is 14.9. The minimum Gasteiger partial charge on any atom is -0.228 e. The van der Waals surface area contributed by atoms with Crippen LogP contribution in [0.2, 0.25) is 0 Å². The highest BCUT2D eigenvalue weighted by molar-refractivity contribution is 6.70. The number of hydrogen-bond donors (Lipinski definition) is 0. The molecule has 0 aliphatic heterocycles. The van der Waals surface area contributed by atoms with Crippen molar-refractivity contribution in [3.8, 4) is 67.3 Å². The summed E-state index contributed by atoms with van der Waals surface area (Å²) in [5.74, 6) is 0.729. The van der Waals surface area contributed by atoms with Crippen molar-refractivity contribution < 1.29 is 0 Å². The quantitative estimate of drug-likeness (QED) is 0.185. The Kier molecular flexibility index (Phi) is 9.56. The summed E-state index contributed by atoms with van der Waals surface area (Å²) in [6.45, 7) is 4.75. The molecule has 0 radical (unpaired) electrons. The Balaban J connectivity index is 1.16. The first-order valence-electron chi connectivity index (χ1n) is 22.1. The molecule has 9 aromatic rings. The van der Waals surface area contributed by atoms with Crippen molar-refractivity contribution >= 4 is 141 Å². The van der Waals surface area contributed by atoms with Crippen LogP contribution in [0.4, 0.5) is 0 Å². The molecular formula is C51H45B9N2. The highest BCUT2D eigenvalue weighted by Gasteiger charge is 2.36. The molecule has 0 atom stereocenters. The second kappa shape index (κ2) is 14.8. The molecule has 0 bridgehead atoms. The van der Waals surface area contributed by atoms with Crippen LogP contribution in [0.1, 0.15) is 25.0 Å². The SMILES string of the molecule is Bc1c(B)c(B)c(-c2c(B)c(B)c(B)c(-c3cc(-c4ccc(-c5ccc6c(c5)C(C)(C)c5cc7ccccc7cc5-6)c5ccccc45)nc(-c4ccccc4)n3)c2B)c(B)c1B. The van der Waals surface area contributed by atoms with Gasteiger partial charge in [0.15, 0.2) is 5.82 Å². The highest BCUT2D eigenvalue weighted by atomic mass is 14.9. The summed E-state index contributed by atoms with van der Waals surface area (Å²) in [5, 5.41) is 4.97. The van der Waals surface area contributed by atoms with Crippen LogP contribution in [0.15, 0.2) is 127 Å². The van der Waals surface area contributed by atoms with Gasteiger partial charge in [-0.15, -0.1) is 21.9 Å². The van der Waals surface area contributed by atoms with E-state index < -0.39 is 0 Å². The zero-order chi connectivity index (χ0) is 43.4. The summed E-state index contributed by atoms with van der Waals surface area (Å²) in [6.07, 6.45) is 0. The van der Waals surface area contributed by atoms with Crippen molar-refractivity contribution in [2.24, 2.45) is 0 Å². The predicted octanol–water partition coefficient (Wildman–Crippen LogP) is -2.25. The Morgan fingerprint density at radius 2 is 0.839 bits per heavy atom. The third kappa shape index (κ3) is 6.06. The Hall–Kier alpha value is -6.06. The molecule has 8 aromatic carbocycles. The lowest BCUT2D eigenvalue weighted by Gasteiger charge is -2.27. The van der Waals surface area contributed by atoms with Crippen molar-refractivity contribution in [2.45, 2.75) is 19.3 Å². The van der Waals surface area contributed by atoms with Gasteiger partial charge in [0.25, 0.3) is 0 Å². The molecule has 1 aliphatic rings. The van der Waals surface area contributed by atoms with Gasteiger partial charge in [0.1, 0.15) is 70.6 Å². The molecule has 286 valence electrons. The van der Waals surface area contributed by atoms with E-state index in [-0.39, 0.29) is 5.41 Å². The van der Waals surface area contributed by atoms with Crippen LogP contribution >= 0.6 is 0 Å². The standard InChI is InChI=1S/C51H45B9N2/c1-51(2)34-22-27(16-17-31(34)33-20-25-12-6-7-13-26(25)21-35(33)51)28-18-19-32(30-15-9-8-14-29(28)30)36-23-37(62-50(61-36)24-10-4-3-5-11-24)38-41(52)39(43(54)46(57)42(38)53)40-44(55)47(58)49(60)48(59)45(40)56/h3-23H,52-60H2,1-2H3. The summed E-state index contributed by atoms with van der Waals surface area (Å²) < 4.78 is 0. The Labute approximate surface area is 374 Å². The van der Waals surface area contributed by atoms with Crippen LogP contribution in [0.3, 0.4) is 0 Å². The van der Waals surface area contributed by atoms with Crippen molar-refractivity contribution in [3.05, 3.63) is 139 Å². The number of fused-ring (bicyclic) bond motifs is 5. The molecule has 0 saturated heterocycles. The largest absolute Gasteiger partial charge is 0.228 e. The van der Waals surface area contributed by atoms with Gasteiger partial charge in [0.2, 0.25) is 0 Å². The van der Waals surface area contributed by atoms with E-state index in [2.05, 4.69) is 212 Å². The van der Waals surface area contributed by atoms with E-state index in [0.29, 0.717) is 0 Å². The Morgan fingerprint density at radius 1 is 0.355 bits per heavy atom. The molecule has 10 rings (SSSR count). The maximum Gasteiger partial charge on any atom is 0.160 e. The summed E-state index contributed by atoms with van der Waals surface area (Å²) >= 11 is 0. The molecule has 0 spiro atoms. The lowest BCUT2D eigenvalue weighted by molar-refractivity contribution is 0.661. The zero-order valence-electron chi connectivity index (χ0n) is 38.0. The fraction of sp³-hybridized carbons (Fsp3) is 0.0588. The van der Waals surface area contributed by atoms with Gasteiger partial charge in [-0.2, -0.15) is 0 Å². The fourth-order valence-corrected chi connectivity index (χ4v) is 10.8. The molecule has 62 heavy (non-hydrogen) atoms. The predicted molar refractivity (Wildman–Crippen MR) is 295 cm³/mol. The van der Waals surface area contributed by atoms with Crippen LogP contribution in [0.5, 0.6) is 0 Å². The molecule has 0 fully saturated rings. The first-order chi connectivity index (χ1) is 29.8. The van der Waals surface area contributed by atoms with Crippen molar-refractivity contribution in [1.29, 1.82) is 0 Å². The van der Waals surface area contributed by atoms with Crippen molar-refractivity contribution in [3.63, 3.8) is 0 Å². The number of nitrogens with zero attached hydrogens (tertiary/aromatic N) is 2. The van der Waals surface area contributed by atoms with Gasteiger partial charge in [-0.1, -0.05) is 144 Å². The molecular weight excluding hydrogens is 738 g/mol. The third-order valence-electron chi connectivity index (χ3n) is 14.9. The maximum absolute atomic E-state index is 5.44. The Morgan fingerprint density at radius 3 is 1.52 bits per heavy atom. The molecule has 0 N–H and O–H groups in total. The highest BCUT2D eigenvalue weighted by Crippen LogP contribution is 2.51. The second-order valence-electron chi connectivity index (χ2n) is 18.4. The average molecular weight is 783 g/mol. The lowest BCUT2D eigenvalue weighted by Crippen LogP contribution is -2.57. The molecule has 0 amide bonds. The van der Waals surface area contributed by atoms with Crippen LogP contribution in [-0.4, -0.2) is 80.6 Å². The van der Waals surface area contributed by atoms with E-state index in [1.165, 1.54) is 121 Å². The molecule has 1 aliphatic carbocycles. The topological polar surface area (TPSA) is 25.8 Å². The Bertz CT molecular complexity index is 3350. The van der Waals surface area contributed by atoms with Gasteiger partial charge in [-0.3, -0.25) is 0 Å². The number of aromatic nitrogens is 2. The van der Waals surface area contributed by atoms with Gasteiger partial charge < -0.3 is 0 Å². The van der Waals surface area contributed by atoms with Crippen LogP contribution in [0, 0.1) is 0 Å². The van der Waals surface area contributed by atoms with Gasteiger partial charge in [-0.05, 0) is 95.9 Å². The summed E-state index contributed by atoms with van der Waals surface area (Å²) in [7, 11) is 20.6. The monoisotopic (exact) mass is 784 g/mol. The van der Waals surface area contributed by atoms with Crippen LogP contribution in [-0.2, 0) is 5.41 Å². The van der Waals surface area contributed by atoms with Gasteiger partial charge in [0.05, 0.1) is 11.4 Å². The number of hydrogen-bond acceptors (Lipinski definition) is 2. The van der Waals surface area contributed by atoms with E-state index in [0.717, 1.165) is 28.3 Å². The zero-order valence-corrected chi connectivity index (χ0v) is 38.0. The molecule has 1 aromatic heterocycles. The minimum atomic E-state index is -0.120. The first-order valence-corrected chi connectivity index (χ1v) is 22.1. The van der Waals surface area contributed by atoms with E-state index >= 15 is 0 Å². The minimum absolute atomic E-state index is 0.120. The molecule has 0 saturated carbocycles. The van der Waals surface area contributed by atoms with E-state index in [9.17, 15) is 0 Å². The molecule has 0 unspecified atom stereocenters. The maximum atomic E-state index is 5.44. The van der Waals surface area contributed by atoms with E-state index in [1.807, 2.05) is 0 Å².